The first kappa shape index (κ1) is 69.4. The molecule has 0 fully saturated rings. The lowest BCUT2D eigenvalue weighted by Gasteiger charge is -2.18. The lowest BCUT2D eigenvalue weighted by molar-refractivity contribution is -0.167. The molecule has 72 heavy (non-hydrogen) atoms. The van der Waals surface area contributed by atoms with Crippen LogP contribution in [0.2, 0.25) is 0 Å². The Labute approximate surface area is 448 Å². The second kappa shape index (κ2) is 60.9. The molecule has 420 valence electrons. The summed E-state index contributed by atoms with van der Waals surface area (Å²) in [4.78, 5) is 37.9. The van der Waals surface area contributed by atoms with Gasteiger partial charge in [0.25, 0.3) is 0 Å². The highest BCUT2D eigenvalue weighted by atomic mass is 16.6. The van der Waals surface area contributed by atoms with Gasteiger partial charge in [0.1, 0.15) is 13.2 Å². The van der Waals surface area contributed by atoms with Crippen molar-refractivity contribution in [2.75, 3.05) is 13.2 Å². The maximum atomic E-state index is 12.8. The summed E-state index contributed by atoms with van der Waals surface area (Å²) in [5.41, 5.74) is 0. The van der Waals surface area contributed by atoms with E-state index in [1.54, 1.807) is 0 Å². The number of carbonyl (C=O) groups is 3. The molecule has 0 amide bonds. The van der Waals surface area contributed by atoms with E-state index >= 15 is 0 Å². The molecule has 0 aliphatic rings. The molecular weight excluding hydrogens is 889 g/mol. The van der Waals surface area contributed by atoms with Crippen LogP contribution in [0.25, 0.3) is 0 Å². The van der Waals surface area contributed by atoms with Gasteiger partial charge in [0, 0.05) is 19.3 Å². The van der Waals surface area contributed by atoms with Gasteiger partial charge in [0.15, 0.2) is 6.10 Å². The summed E-state index contributed by atoms with van der Waals surface area (Å²) in [6.45, 7) is 6.58. The van der Waals surface area contributed by atoms with Crippen LogP contribution in [0.4, 0.5) is 0 Å². The third-order valence-electron chi connectivity index (χ3n) is 14.1. The highest BCUT2D eigenvalue weighted by molar-refractivity contribution is 5.71. The standard InChI is InChI=1S/C66H120O6/c1-4-7-10-13-15-17-19-21-23-25-27-28-29-30-31-32-33-34-35-36-37-38-39-41-42-44-46-48-50-53-56-59-65(68)71-62-63(61-70-64(67)58-55-52-12-9-6-3)72-66(69)60-57-54-51-49-47-45-43-40-26-24-22-20-18-16-14-11-8-5-2/h19,21,24-27,29-30,63H,4-18,20,22-23,28,31-62H2,1-3H3/b21-19-,26-24-,27-25-,30-29-. The van der Waals surface area contributed by atoms with E-state index in [9.17, 15) is 14.4 Å². The zero-order valence-electron chi connectivity index (χ0n) is 48.2. The number of esters is 3. The lowest BCUT2D eigenvalue weighted by atomic mass is 10.0. The van der Waals surface area contributed by atoms with Gasteiger partial charge in [-0.25, -0.2) is 0 Å². The van der Waals surface area contributed by atoms with Crippen molar-refractivity contribution in [1.29, 1.82) is 0 Å². The molecule has 0 heterocycles. The lowest BCUT2D eigenvalue weighted by Crippen LogP contribution is -2.30. The van der Waals surface area contributed by atoms with Crippen molar-refractivity contribution in [3.8, 4) is 0 Å². The van der Waals surface area contributed by atoms with Crippen LogP contribution in [-0.4, -0.2) is 37.2 Å². The van der Waals surface area contributed by atoms with Gasteiger partial charge in [-0.3, -0.25) is 14.4 Å². The van der Waals surface area contributed by atoms with Gasteiger partial charge in [-0.05, 0) is 83.5 Å². The van der Waals surface area contributed by atoms with Crippen LogP contribution in [0.1, 0.15) is 335 Å². The summed E-state index contributed by atoms with van der Waals surface area (Å²) >= 11 is 0. The van der Waals surface area contributed by atoms with Gasteiger partial charge < -0.3 is 14.2 Å². The van der Waals surface area contributed by atoms with Crippen LogP contribution in [0.15, 0.2) is 48.6 Å². The molecule has 1 atom stereocenters. The van der Waals surface area contributed by atoms with E-state index in [2.05, 4.69) is 69.4 Å². The van der Waals surface area contributed by atoms with E-state index < -0.39 is 6.10 Å². The van der Waals surface area contributed by atoms with Crippen LogP contribution in [-0.2, 0) is 28.6 Å². The molecule has 0 rings (SSSR count). The largest absolute Gasteiger partial charge is 0.462 e. The normalized spacial score (nSPS) is 12.3. The van der Waals surface area contributed by atoms with E-state index in [1.807, 2.05) is 0 Å². The van der Waals surface area contributed by atoms with Gasteiger partial charge in [-0.1, -0.05) is 281 Å². The zero-order chi connectivity index (χ0) is 52.2. The molecule has 0 spiro atoms. The minimum Gasteiger partial charge on any atom is -0.462 e. The first-order chi connectivity index (χ1) is 35.5. The summed E-state index contributed by atoms with van der Waals surface area (Å²) in [5, 5.41) is 0. The van der Waals surface area contributed by atoms with Crippen molar-refractivity contribution in [3.63, 3.8) is 0 Å². The van der Waals surface area contributed by atoms with Crippen molar-refractivity contribution in [2.24, 2.45) is 0 Å². The fraction of sp³-hybridized carbons (Fsp3) is 0.833. The average Bonchev–Trinajstić information content (AvgIpc) is 3.38. The minimum atomic E-state index is -0.770. The Morgan fingerprint density at radius 1 is 0.278 bits per heavy atom. The monoisotopic (exact) mass is 1010 g/mol. The van der Waals surface area contributed by atoms with Crippen molar-refractivity contribution in [2.45, 2.75) is 341 Å². The van der Waals surface area contributed by atoms with Crippen LogP contribution in [0.5, 0.6) is 0 Å². The van der Waals surface area contributed by atoms with Crippen molar-refractivity contribution < 1.29 is 28.6 Å². The van der Waals surface area contributed by atoms with E-state index in [0.29, 0.717) is 19.3 Å². The molecule has 0 aromatic carbocycles. The molecule has 0 bridgehead atoms. The van der Waals surface area contributed by atoms with E-state index in [0.717, 1.165) is 77.0 Å². The van der Waals surface area contributed by atoms with Crippen LogP contribution < -0.4 is 0 Å². The molecule has 0 N–H and O–H groups in total. The van der Waals surface area contributed by atoms with Crippen LogP contribution >= 0.6 is 0 Å². The second-order valence-corrected chi connectivity index (χ2v) is 21.3. The van der Waals surface area contributed by atoms with Crippen molar-refractivity contribution in [1.82, 2.24) is 0 Å². The molecule has 0 aliphatic heterocycles. The number of hydrogen-bond donors (Lipinski definition) is 0. The number of carbonyl (C=O) groups excluding carboxylic acids is 3. The summed E-state index contributed by atoms with van der Waals surface area (Å²) in [7, 11) is 0. The molecule has 0 saturated heterocycles. The molecule has 0 aromatic rings. The Morgan fingerprint density at radius 2 is 0.500 bits per heavy atom. The van der Waals surface area contributed by atoms with E-state index in [4.69, 9.17) is 14.2 Å². The zero-order valence-corrected chi connectivity index (χ0v) is 48.2. The molecule has 0 saturated carbocycles. The summed E-state index contributed by atoms with van der Waals surface area (Å²) in [6, 6.07) is 0. The second-order valence-electron chi connectivity index (χ2n) is 21.3. The molecule has 6 nitrogen and oxygen atoms in total. The number of hydrogen-bond acceptors (Lipinski definition) is 6. The highest BCUT2D eigenvalue weighted by Crippen LogP contribution is 2.17. The predicted octanol–water partition coefficient (Wildman–Crippen LogP) is 21.4. The minimum absolute atomic E-state index is 0.0719. The molecule has 6 heteroatoms. The average molecular weight is 1010 g/mol. The molecule has 1 unspecified atom stereocenters. The van der Waals surface area contributed by atoms with Crippen molar-refractivity contribution in [3.05, 3.63) is 48.6 Å². The number of unbranched alkanes of at least 4 members (excludes halogenated alkanes) is 39. The summed E-state index contributed by atoms with van der Waals surface area (Å²) in [5.74, 6) is -0.875. The van der Waals surface area contributed by atoms with Gasteiger partial charge >= 0.3 is 17.9 Å². The van der Waals surface area contributed by atoms with Gasteiger partial charge in [0.05, 0.1) is 0 Å². The first-order valence-electron chi connectivity index (χ1n) is 31.6. The third-order valence-corrected chi connectivity index (χ3v) is 14.1. The van der Waals surface area contributed by atoms with E-state index in [1.165, 1.54) is 218 Å². The Balaban J connectivity index is 3.96. The Morgan fingerprint density at radius 3 is 0.792 bits per heavy atom. The smallest absolute Gasteiger partial charge is 0.306 e. The Bertz CT molecular complexity index is 1250. The molecule has 0 aromatic heterocycles. The third kappa shape index (κ3) is 58.3. The van der Waals surface area contributed by atoms with Gasteiger partial charge in [-0.2, -0.15) is 0 Å². The maximum Gasteiger partial charge on any atom is 0.306 e. The molecule has 0 aliphatic carbocycles. The molecule has 0 radical (unpaired) electrons. The molecular formula is C66H120O6. The Kier molecular flexibility index (Phi) is 58.7. The summed E-state index contributed by atoms with van der Waals surface area (Å²) < 4.78 is 16.8. The highest BCUT2D eigenvalue weighted by Gasteiger charge is 2.19. The quantitative estimate of drug-likeness (QED) is 0.0261. The number of rotatable bonds is 58. The van der Waals surface area contributed by atoms with Gasteiger partial charge in [-0.15, -0.1) is 0 Å². The Hall–Kier alpha value is -2.63. The van der Waals surface area contributed by atoms with E-state index in [-0.39, 0.29) is 31.1 Å². The number of ether oxygens (including phenoxy) is 3. The summed E-state index contributed by atoms with van der Waals surface area (Å²) in [6.07, 6.45) is 76.0. The van der Waals surface area contributed by atoms with Crippen molar-refractivity contribution >= 4 is 17.9 Å². The first-order valence-corrected chi connectivity index (χ1v) is 31.6. The van der Waals surface area contributed by atoms with Crippen LogP contribution in [0, 0.1) is 0 Å². The van der Waals surface area contributed by atoms with Crippen LogP contribution in [0.3, 0.4) is 0 Å². The topological polar surface area (TPSA) is 78.9 Å². The maximum absolute atomic E-state index is 12.8. The fourth-order valence-electron chi connectivity index (χ4n) is 9.27. The fourth-order valence-corrected chi connectivity index (χ4v) is 9.27. The SMILES string of the molecule is CCCCCCC/C=C\C/C=C\C/C=C\CCCCCCCCCCCCCCCCCCC(=O)OCC(COC(=O)CCCCCCC)OC(=O)CCCCCCCCC/C=C\CCCCCCCCC. The predicted molar refractivity (Wildman–Crippen MR) is 312 cm³/mol. The van der Waals surface area contributed by atoms with Gasteiger partial charge in [0.2, 0.25) is 0 Å². The number of allylic oxidation sites excluding steroid dienone is 8.